The lowest BCUT2D eigenvalue weighted by Crippen LogP contribution is -2.57. The minimum atomic E-state index is -2.76. The summed E-state index contributed by atoms with van der Waals surface area (Å²) in [5.74, 6) is 0. The summed E-state index contributed by atoms with van der Waals surface area (Å²) < 4.78 is 23.4. The zero-order chi connectivity index (χ0) is 14.0. The summed E-state index contributed by atoms with van der Waals surface area (Å²) in [6.45, 7) is 15.9. The van der Waals surface area contributed by atoms with Crippen molar-refractivity contribution in [3.05, 3.63) is 12.2 Å². The molecular formula is C13H28O4Si. The highest BCUT2D eigenvalue weighted by atomic mass is 28.4. The smallest absolute Gasteiger partial charge is 0.372 e. The molecule has 4 nitrogen and oxygen atoms in total. The Morgan fingerprint density at radius 3 is 1.72 bits per heavy atom. The normalized spacial score (nSPS) is 13.6. The van der Waals surface area contributed by atoms with Crippen molar-refractivity contribution in [1.29, 1.82) is 0 Å². The Hall–Kier alpha value is -0.203. The average molecular weight is 276 g/mol. The van der Waals surface area contributed by atoms with Crippen molar-refractivity contribution >= 4 is 8.80 Å². The van der Waals surface area contributed by atoms with Crippen LogP contribution in [-0.2, 0) is 18.0 Å². The molecule has 18 heavy (non-hydrogen) atoms. The van der Waals surface area contributed by atoms with E-state index in [4.69, 9.17) is 18.0 Å². The molecule has 0 rings (SSSR count). The Bertz CT molecular complexity index is 216. The molecule has 0 aliphatic carbocycles. The van der Waals surface area contributed by atoms with Gasteiger partial charge in [0.05, 0.1) is 6.61 Å². The van der Waals surface area contributed by atoms with Crippen LogP contribution in [0.4, 0.5) is 0 Å². The van der Waals surface area contributed by atoms with E-state index in [1.165, 1.54) is 0 Å². The van der Waals surface area contributed by atoms with Crippen molar-refractivity contribution in [2.75, 3.05) is 26.4 Å². The molecule has 1 atom stereocenters. The fourth-order valence-electron chi connectivity index (χ4n) is 1.72. The molecule has 0 aromatic heterocycles. The van der Waals surface area contributed by atoms with Gasteiger partial charge in [-0.3, -0.25) is 0 Å². The van der Waals surface area contributed by atoms with Crippen LogP contribution in [0.15, 0.2) is 12.2 Å². The maximum absolute atomic E-state index is 5.86. The molecule has 0 aromatic carbocycles. The van der Waals surface area contributed by atoms with E-state index >= 15 is 0 Å². The Labute approximate surface area is 113 Å². The van der Waals surface area contributed by atoms with Crippen molar-refractivity contribution in [3.63, 3.8) is 0 Å². The van der Waals surface area contributed by atoms with Crippen LogP contribution >= 0.6 is 0 Å². The number of ether oxygens (including phenoxy) is 1. The van der Waals surface area contributed by atoms with E-state index in [-0.39, 0.29) is 5.73 Å². The summed E-state index contributed by atoms with van der Waals surface area (Å²) >= 11 is 0. The third kappa shape index (κ3) is 5.62. The average Bonchev–Trinajstić information content (AvgIpc) is 2.30. The molecule has 0 saturated heterocycles. The Kier molecular flexibility index (Phi) is 9.58. The van der Waals surface area contributed by atoms with Crippen LogP contribution in [0, 0.1) is 0 Å². The first-order valence-corrected chi connectivity index (χ1v) is 8.54. The van der Waals surface area contributed by atoms with E-state index in [1.807, 2.05) is 27.7 Å². The second kappa shape index (κ2) is 9.69. The van der Waals surface area contributed by atoms with Gasteiger partial charge in [-0.2, -0.15) is 0 Å². The maximum Gasteiger partial charge on any atom is 0.531 e. The summed E-state index contributed by atoms with van der Waals surface area (Å²) in [5.41, 5.74) is 0.856. The zero-order valence-electron chi connectivity index (χ0n) is 12.5. The molecule has 1 unspecified atom stereocenters. The van der Waals surface area contributed by atoms with Crippen LogP contribution in [0.1, 0.15) is 41.0 Å². The van der Waals surface area contributed by atoms with Gasteiger partial charge < -0.3 is 18.0 Å². The van der Waals surface area contributed by atoms with Crippen LogP contribution in [0.25, 0.3) is 0 Å². The fraction of sp³-hybridized carbons (Fsp3) is 0.846. The van der Waals surface area contributed by atoms with E-state index in [1.54, 1.807) is 0 Å². The van der Waals surface area contributed by atoms with Gasteiger partial charge in [0.1, 0.15) is 5.73 Å². The molecule has 0 N–H and O–H groups in total. The van der Waals surface area contributed by atoms with E-state index < -0.39 is 8.80 Å². The molecule has 0 saturated carbocycles. The zero-order valence-corrected chi connectivity index (χ0v) is 13.5. The Balaban J connectivity index is 4.87. The molecular weight excluding hydrogens is 248 g/mol. The molecule has 0 fully saturated rings. The van der Waals surface area contributed by atoms with Crippen molar-refractivity contribution in [1.82, 2.24) is 0 Å². The fourth-order valence-corrected chi connectivity index (χ4v) is 4.52. The first kappa shape index (κ1) is 17.8. The highest BCUT2D eigenvalue weighted by Crippen LogP contribution is 2.21. The molecule has 0 aromatic rings. The number of hydrogen-bond donors (Lipinski definition) is 0. The lowest BCUT2D eigenvalue weighted by atomic mass is 10.4. The quantitative estimate of drug-likeness (QED) is 0.429. The third-order valence-corrected chi connectivity index (χ3v) is 5.77. The molecule has 0 aliphatic heterocycles. The number of hydrogen-bond acceptors (Lipinski definition) is 4. The van der Waals surface area contributed by atoms with Crippen LogP contribution in [0.2, 0.25) is 0 Å². The van der Waals surface area contributed by atoms with E-state index in [0.29, 0.717) is 26.4 Å². The Morgan fingerprint density at radius 2 is 1.44 bits per heavy atom. The van der Waals surface area contributed by atoms with Gasteiger partial charge in [-0.15, -0.1) is 0 Å². The summed E-state index contributed by atoms with van der Waals surface area (Å²) in [4.78, 5) is 0. The second-order valence-corrected chi connectivity index (χ2v) is 6.78. The first-order chi connectivity index (χ1) is 8.56. The largest absolute Gasteiger partial charge is 0.531 e. The lowest BCUT2D eigenvalue weighted by Gasteiger charge is -2.34. The van der Waals surface area contributed by atoms with Crippen LogP contribution in [0.5, 0.6) is 0 Å². The molecule has 0 aliphatic rings. The third-order valence-electron chi connectivity index (χ3n) is 2.33. The topological polar surface area (TPSA) is 36.9 Å². The first-order valence-electron chi connectivity index (χ1n) is 6.74. The summed E-state index contributed by atoms with van der Waals surface area (Å²) in [7, 11) is -2.76. The predicted octanol–water partition coefficient (Wildman–Crippen LogP) is 2.95. The summed E-state index contributed by atoms with van der Waals surface area (Å²) in [6, 6.07) is 0. The maximum atomic E-state index is 5.86. The summed E-state index contributed by atoms with van der Waals surface area (Å²) in [6.07, 6.45) is 0.805. The van der Waals surface area contributed by atoms with E-state index in [0.717, 1.165) is 12.0 Å². The van der Waals surface area contributed by atoms with Gasteiger partial charge in [-0.1, -0.05) is 19.1 Å². The van der Waals surface area contributed by atoms with Crippen molar-refractivity contribution in [2.24, 2.45) is 0 Å². The Morgan fingerprint density at radius 1 is 1.00 bits per heavy atom. The van der Waals surface area contributed by atoms with Gasteiger partial charge in [0.25, 0.3) is 0 Å². The minimum Gasteiger partial charge on any atom is -0.372 e. The van der Waals surface area contributed by atoms with Gasteiger partial charge in [-0.05, 0) is 34.1 Å². The molecule has 5 heteroatoms. The molecule has 0 heterocycles. The summed E-state index contributed by atoms with van der Waals surface area (Å²) in [5, 5.41) is 0. The standard InChI is InChI=1S/C13H28O4Si/c1-7-13(14-11-12(5)6)18(15-8-2,16-9-3)17-10-4/h13H,5,7-11H2,1-4,6H3. The highest BCUT2D eigenvalue weighted by molar-refractivity contribution is 6.62. The van der Waals surface area contributed by atoms with Gasteiger partial charge in [-0.25, -0.2) is 0 Å². The molecule has 0 spiro atoms. The van der Waals surface area contributed by atoms with Crippen LogP contribution in [0.3, 0.4) is 0 Å². The van der Waals surface area contributed by atoms with Crippen molar-refractivity contribution in [3.8, 4) is 0 Å². The van der Waals surface area contributed by atoms with Gasteiger partial charge >= 0.3 is 8.80 Å². The number of rotatable bonds is 11. The SMILES string of the molecule is C=C(C)COC(CC)[Si](OCC)(OCC)OCC. The van der Waals surface area contributed by atoms with Crippen LogP contribution < -0.4 is 0 Å². The van der Waals surface area contributed by atoms with Crippen molar-refractivity contribution < 1.29 is 18.0 Å². The molecule has 108 valence electrons. The van der Waals surface area contributed by atoms with Gasteiger partial charge in [0, 0.05) is 19.8 Å². The predicted molar refractivity (Wildman–Crippen MR) is 75.5 cm³/mol. The van der Waals surface area contributed by atoms with Gasteiger partial charge in [0.15, 0.2) is 0 Å². The monoisotopic (exact) mass is 276 g/mol. The van der Waals surface area contributed by atoms with Crippen molar-refractivity contribution in [2.45, 2.75) is 46.8 Å². The lowest BCUT2D eigenvalue weighted by molar-refractivity contribution is -0.00508. The van der Waals surface area contributed by atoms with Crippen LogP contribution in [-0.4, -0.2) is 41.0 Å². The molecule has 0 amide bonds. The van der Waals surface area contributed by atoms with Gasteiger partial charge in [0.2, 0.25) is 0 Å². The second-order valence-electron chi connectivity index (χ2n) is 4.07. The van der Waals surface area contributed by atoms with E-state index in [2.05, 4.69) is 13.5 Å². The van der Waals surface area contributed by atoms with E-state index in [9.17, 15) is 0 Å². The highest BCUT2D eigenvalue weighted by Gasteiger charge is 2.49. The molecule has 0 radical (unpaired) electrons. The minimum absolute atomic E-state index is 0.131. The molecule has 0 bridgehead atoms.